The highest BCUT2D eigenvalue weighted by molar-refractivity contribution is 5.94. The van der Waals surface area contributed by atoms with Crippen LogP contribution in [-0.2, 0) is 4.79 Å². The first-order chi connectivity index (χ1) is 12.6. The van der Waals surface area contributed by atoms with Crippen molar-refractivity contribution >= 4 is 11.8 Å². The first kappa shape index (κ1) is 18.7. The molecule has 1 N–H and O–H groups in total. The Morgan fingerprint density at radius 2 is 1.85 bits per heavy atom. The number of hydrogen-bond donors (Lipinski definition) is 1. The predicted octanol–water partition coefficient (Wildman–Crippen LogP) is 1.76. The number of nitrogens with one attached hydrogen (secondary N) is 1. The van der Waals surface area contributed by atoms with Gasteiger partial charge in [-0.05, 0) is 37.0 Å². The van der Waals surface area contributed by atoms with E-state index in [0.717, 1.165) is 25.9 Å². The van der Waals surface area contributed by atoms with Crippen LogP contribution < -0.4 is 10.1 Å². The van der Waals surface area contributed by atoms with Gasteiger partial charge in [0.15, 0.2) is 0 Å². The van der Waals surface area contributed by atoms with Crippen molar-refractivity contribution in [1.29, 1.82) is 0 Å². The Balaban J connectivity index is 1.63. The molecule has 1 saturated heterocycles. The standard InChI is InChI=1S/C20H29N3O3/c1-21-19(24)18(15-6-3-4-7-15)22-10-12-23(13-11-22)20(25)16-8-5-9-17(14-16)26-2/h5,8-9,14-15,18H,3-4,6-7,10-13H2,1-2H3,(H,21,24)/t18-/m1/s1. The third-order valence-electron chi connectivity index (χ3n) is 5.67. The van der Waals surface area contributed by atoms with E-state index in [2.05, 4.69) is 10.2 Å². The number of ether oxygens (including phenoxy) is 1. The lowest BCUT2D eigenvalue weighted by Gasteiger charge is -2.40. The molecule has 1 aromatic carbocycles. The van der Waals surface area contributed by atoms with Crippen LogP contribution in [0.2, 0.25) is 0 Å². The van der Waals surface area contributed by atoms with E-state index in [1.807, 2.05) is 23.1 Å². The van der Waals surface area contributed by atoms with E-state index in [1.165, 1.54) is 12.8 Å². The summed E-state index contributed by atoms with van der Waals surface area (Å²) in [4.78, 5) is 29.4. The largest absolute Gasteiger partial charge is 0.497 e. The van der Waals surface area contributed by atoms with Crippen molar-refractivity contribution in [3.63, 3.8) is 0 Å². The Hall–Kier alpha value is -2.08. The summed E-state index contributed by atoms with van der Waals surface area (Å²) in [5.74, 6) is 1.27. The third kappa shape index (κ3) is 4.01. The summed E-state index contributed by atoms with van der Waals surface area (Å²) in [6.45, 7) is 2.78. The van der Waals surface area contributed by atoms with Crippen molar-refractivity contribution in [3.05, 3.63) is 29.8 Å². The smallest absolute Gasteiger partial charge is 0.254 e. The molecule has 26 heavy (non-hydrogen) atoms. The number of likely N-dealkylation sites (N-methyl/N-ethyl adjacent to an activating group) is 1. The molecule has 0 spiro atoms. The molecule has 142 valence electrons. The number of amides is 2. The highest BCUT2D eigenvalue weighted by atomic mass is 16.5. The zero-order valence-corrected chi connectivity index (χ0v) is 15.7. The van der Waals surface area contributed by atoms with Crippen LogP contribution in [0.4, 0.5) is 0 Å². The van der Waals surface area contributed by atoms with Crippen molar-refractivity contribution in [2.24, 2.45) is 5.92 Å². The summed E-state index contributed by atoms with van der Waals surface area (Å²) in [5.41, 5.74) is 0.649. The molecular weight excluding hydrogens is 330 g/mol. The van der Waals surface area contributed by atoms with Crippen LogP contribution >= 0.6 is 0 Å². The predicted molar refractivity (Wildman–Crippen MR) is 100 cm³/mol. The lowest BCUT2D eigenvalue weighted by atomic mass is 9.95. The molecule has 1 aliphatic heterocycles. The molecule has 1 aromatic rings. The number of methoxy groups -OCH3 is 1. The van der Waals surface area contributed by atoms with Gasteiger partial charge in [-0.15, -0.1) is 0 Å². The summed E-state index contributed by atoms with van der Waals surface area (Å²) in [7, 11) is 3.32. The monoisotopic (exact) mass is 359 g/mol. The molecule has 0 bridgehead atoms. The maximum atomic E-state index is 12.8. The van der Waals surface area contributed by atoms with Crippen LogP contribution in [0.3, 0.4) is 0 Å². The van der Waals surface area contributed by atoms with Gasteiger partial charge in [0.2, 0.25) is 5.91 Å². The number of carbonyl (C=O) groups excluding carboxylic acids is 2. The van der Waals surface area contributed by atoms with E-state index in [0.29, 0.717) is 30.3 Å². The fraction of sp³-hybridized carbons (Fsp3) is 0.600. The minimum Gasteiger partial charge on any atom is -0.497 e. The molecule has 3 rings (SSSR count). The summed E-state index contributed by atoms with van der Waals surface area (Å²) >= 11 is 0. The average Bonchev–Trinajstić information content (AvgIpc) is 3.22. The fourth-order valence-electron chi connectivity index (χ4n) is 4.24. The van der Waals surface area contributed by atoms with Crippen LogP contribution in [0, 0.1) is 5.92 Å². The van der Waals surface area contributed by atoms with Crippen molar-refractivity contribution < 1.29 is 14.3 Å². The Morgan fingerprint density at radius 3 is 2.46 bits per heavy atom. The van der Waals surface area contributed by atoms with Gasteiger partial charge >= 0.3 is 0 Å². The van der Waals surface area contributed by atoms with Gasteiger partial charge in [0.25, 0.3) is 5.91 Å². The van der Waals surface area contributed by atoms with Gasteiger partial charge < -0.3 is 15.0 Å². The highest BCUT2D eigenvalue weighted by Gasteiger charge is 2.36. The zero-order valence-electron chi connectivity index (χ0n) is 15.7. The number of piperazine rings is 1. The fourth-order valence-corrected chi connectivity index (χ4v) is 4.24. The van der Waals surface area contributed by atoms with Crippen molar-refractivity contribution in [2.45, 2.75) is 31.7 Å². The highest BCUT2D eigenvalue weighted by Crippen LogP contribution is 2.31. The van der Waals surface area contributed by atoms with Crippen molar-refractivity contribution in [3.8, 4) is 5.75 Å². The van der Waals surface area contributed by atoms with E-state index in [1.54, 1.807) is 20.2 Å². The van der Waals surface area contributed by atoms with Crippen LogP contribution in [-0.4, -0.2) is 68.0 Å². The van der Waals surface area contributed by atoms with Crippen LogP contribution in [0.25, 0.3) is 0 Å². The maximum Gasteiger partial charge on any atom is 0.254 e. The van der Waals surface area contributed by atoms with E-state index in [9.17, 15) is 9.59 Å². The Morgan fingerprint density at radius 1 is 1.15 bits per heavy atom. The van der Waals surface area contributed by atoms with Crippen LogP contribution in [0.5, 0.6) is 5.75 Å². The van der Waals surface area contributed by atoms with Crippen molar-refractivity contribution in [2.75, 3.05) is 40.3 Å². The second kappa shape index (κ2) is 8.54. The number of nitrogens with zero attached hydrogens (tertiary/aromatic N) is 2. The van der Waals surface area contributed by atoms with E-state index < -0.39 is 0 Å². The Labute approximate surface area is 155 Å². The number of benzene rings is 1. The Kier molecular flexibility index (Phi) is 6.14. The number of carbonyl (C=O) groups is 2. The van der Waals surface area contributed by atoms with Crippen LogP contribution in [0.1, 0.15) is 36.0 Å². The summed E-state index contributed by atoms with van der Waals surface area (Å²) in [5, 5.41) is 2.84. The molecular formula is C20H29N3O3. The molecule has 0 aromatic heterocycles. The molecule has 0 unspecified atom stereocenters. The van der Waals surface area contributed by atoms with E-state index >= 15 is 0 Å². The lowest BCUT2D eigenvalue weighted by molar-refractivity contribution is -0.128. The van der Waals surface area contributed by atoms with Crippen molar-refractivity contribution in [1.82, 2.24) is 15.1 Å². The first-order valence-corrected chi connectivity index (χ1v) is 9.53. The van der Waals surface area contributed by atoms with E-state index in [4.69, 9.17) is 4.74 Å². The lowest BCUT2D eigenvalue weighted by Crippen LogP contribution is -2.57. The number of hydrogen-bond acceptors (Lipinski definition) is 4. The molecule has 1 heterocycles. The van der Waals surface area contributed by atoms with E-state index in [-0.39, 0.29) is 17.9 Å². The number of rotatable bonds is 5. The normalized spacial score (nSPS) is 20.0. The van der Waals surface area contributed by atoms with Crippen LogP contribution in [0.15, 0.2) is 24.3 Å². The molecule has 0 radical (unpaired) electrons. The molecule has 1 aliphatic carbocycles. The molecule has 1 atom stereocenters. The minimum absolute atomic E-state index is 0.0286. The van der Waals surface area contributed by atoms with Gasteiger partial charge in [0.1, 0.15) is 5.75 Å². The third-order valence-corrected chi connectivity index (χ3v) is 5.67. The summed E-state index contributed by atoms with van der Waals surface area (Å²) < 4.78 is 5.21. The molecule has 2 fully saturated rings. The summed E-state index contributed by atoms with van der Waals surface area (Å²) in [6.07, 6.45) is 4.68. The van der Waals surface area contributed by atoms with Gasteiger partial charge in [-0.25, -0.2) is 0 Å². The quantitative estimate of drug-likeness (QED) is 0.870. The first-order valence-electron chi connectivity index (χ1n) is 9.53. The summed E-state index contributed by atoms with van der Waals surface area (Å²) in [6, 6.07) is 7.22. The van der Waals surface area contributed by atoms with Gasteiger partial charge in [-0.3, -0.25) is 14.5 Å². The van der Waals surface area contributed by atoms with Gasteiger partial charge in [-0.2, -0.15) is 0 Å². The SMILES string of the molecule is CNC(=O)[C@@H](C1CCCC1)N1CCN(C(=O)c2cccc(OC)c2)CC1. The van der Waals surface area contributed by atoms with Gasteiger partial charge in [0.05, 0.1) is 13.2 Å². The Bertz CT molecular complexity index is 635. The second-order valence-electron chi connectivity index (χ2n) is 7.16. The molecule has 6 nitrogen and oxygen atoms in total. The van der Waals surface area contributed by atoms with Gasteiger partial charge in [-0.1, -0.05) is 18.9 Å². The zero-order chi connectivity index (χ0) is 18.5. The molecule has 2 aliphatic rings. The maximum absolute atomic E-state index is 12.8. The second-order valence-corrected chi connectivity index (χ2v) is 7.16. The minimum atomic E-state index is -0.0587. The molecule has 1 saturated carbocycles. The van der Waals surface area contributed by atoms with Gasteiger partial charge in [0, 0.05) is 38.8 Å². The average molecular weight is 359 g/mol. The topological polar surface area (TPSA) is 61.9 Å². The molecule has 6 heteroatoms. The molecule has 2 amide bonds.